The molecule has 2 rings (SSSR count). The van der Waals surface area contributed by atoms with E-state index in [9.17, 15) is 5.11 Å². The van der Waals surface area contributed by atoms with Crippen LogP contribution in [0, 0.1) is 5.92 Å². The van der Waals surface area contributed by atoms with Crippen molar-refractivity contribution in [1.82, 2.24) is 5.32 Å². The van der Waals surface area contributed by atoms with Crippen molar-refractivity contribution in [1.29, 1.82) is 0 Å². The van der Waals surface area contributed by atoms with Gasteiger partial charge >= 0.3 is 0 Å². The molecule has 0 bridgehead atoms. The van der Waals surface area contributed by atoms with Crippen LogP contribution >= 0.6 is 27.3 Å². The van der Waals surface area contributed by atoms with E-state index in [-0.39, 0.29) is 6.10 Å². The van der Waals surface area contributed by atoms with Gasteiger partial charge in [-0.25, -0.2) is 0 Å². The Morgan fingerprint density at radius 2 is 2.40 bits per heavy atom. The smallest absolute Gasteiger partial charge is 0.0692 e. The zero-order valence-corrected chi connectivity index (χ0v) is 11.1. The molecule has 0 aromatic carbocycles. The van der Waals surface area contributed by atoms with E-state index in [1.54, 1.807) is 11.3 Å². The molecule has 1 aromatic rings. The van der Waals surface area contributed by atoms with E-state index in [2.05, 4.69) is 39.6 Å². The topological polar surface area (TPSA) is 32.3 Å². The third-order valence-corrected chi connectivity index (χ3v) is 4.69. The summed E-state index contributed by atoms with van der Waals surface area (Å²) >= 11 is 5.19. The van der Waals surface area contributed by atoms with Crippen molar-refractivity contribution in [2.45, 2.75) is 31.9 Å². The largest absolute Gasteiger partial charge is 0.392 e. The Morgan fingerprint density at radius 3 is 2.93 bits per heavy atom. The molecule has 2 nitrogen and oxygen atoms in total. The Labute approximate surface area is 103 Å². The number of thiophene rings is 1. The third kappa shape index (κ3) is 3.28. The molecule has 2 atom stereocenters. The summed E-state index contributed by atoms with van der Waals surface area (Å²) in [6.45, 7) is 2.85. The highest BCUT2D eigenvalue weighted by atomic mass is 79.9. The molecular weight excluding hydrogens is 274 g/mol. The van der Waals surface area contributed by atoms with Crippen molar-refractivity contribution in [3.63, 3.8) is 0 Å². The first kappa shape index (κ1) is 11.6. The van der Waals surface area contributed by atoms with Crippen molar-refractivity contribution < 1.29 is 5.11 Å². The summed E-state index contributed by atoms with van der Waals surface area (Å²) in [6, 6.07) is 2.46. The van der Waals surface area contributed by atoms with E-state index >= 15 is 0 Å². The molecule has 0 aliphatic heterocycles. The zero-order valence-electron chi connectivity index (χ0n) is 8.74. The highest BCUT2D eigenvalue weighted by Crippen LogP contribution is 2.32. The fraction of sp³-hybridized carbons (Fsp3) is 0.636. The lowest BCUT2D eigenvalue weighted by molar-refractivity contribution is 0.145. The van der Waals surface area contributed by atoms with Crippen LogP contribution in [0.1, 0.15) is 30.7 Å². The van der Waals surface area contributed by atoms with Crippen molar-refractivity contribution in [3.8, 4) is 0 Å². The maximum absolute atomic E-state index is 9.72. The molecule has 1 aromatic heterocycles. The van der Waals surface area contributed by atoms with Gasteiger partial charge in [-0.15, -0.1) is 11.3 Å². The molecule has 0 saturated heterocycles. The van der Waals surface area contributed by atoms with Gasteiger partial charge in [0.25, 0.3) is 0 Å². The Kier molecular flexibility index (Phi) is 3.83. The van der Waals surface area contributed by atoms with Crippen LogP contribution in [0.5, 0.6) is 0 Å². The number of nitrogens with one attached hydrogen (secondary N) is 1. The van der Waals surface area contributed by atoms with Gasteiger partial charge in [0, 0.05) is 27.3 Å². The quantitative estimate of drug-likeness (QED) is 0.874. The summed E-state index contributed by atoms with van der Waals surface area (Å²) in [5, 5.41) is 15.2. The predicted molar refractivity (Wildman–Crippen MR) is 67.2 cm³/mol. The minimum absolute atomic E-state index is 0.157. The van der Waals surface area contributed by atoms with Crippen LogP contribution in [-0.2, 0) is 0 Å². The van der Waals surface area contributed by atoms with Crippen LogP contribution < -0.4 is 5.32 Å². The van der Waals surface area contributed by atoms with Crippen LogP contribution in [-0.4, -0.2) is 17.8 Å². The molecule has 0 amide bonds. The van der Waals surface area contributed by atoms with Crippen LogP contribution in [0.2, 0.25) is 0 Å². The lowest BCUT2D eigenvalue weighted by atomic mass is 10.2. The monoisotopic (exact) mass is 289 g/mol. The van der Waals surface area contributed by atoms with Gasteiger partial charge in [-0.1, -0.05) is 0 Å². The molecular formula is C11H16BrNOS. The molecule has 1 aliphatic carbocycles. The van der Waals surface area contributed by atoms with Crippen molar-refractivity contribution >= 4 is 27.3 Å². The minimum atomic E-state index is -0.157. The number of aliphatic hydroxyl groups is 1. The second-order valence-electron chi connectivity index (χ2n) is 4.20. The number of hydrogen-bond donors (Lipinski definition) is 2. The standard InChI is InChI=1S/C11H16BrNOS/c1-7(11-4-9(12)6-15-11)13-5-10(14)8-2-3-8/h4,6-8,10,13-14H,2-3,5H2,1H3. The highest BCUT2D eigenvalue weighted by molar-refractivity contribution is 9.10. The molecule has 2 unspecified atom stereocenters. The first-order valence-corrected chi connectivity index (χ1v) is 6.99. The van der Waals surface area contributed by atoms with Gasteiger partial charge in [0.15, 0.2) is 0 Å². The maximum Gasteiger partial charge on any atom is 0.0692 e. The molecule has 1 heterocycles. The van der Waals surface area contributed by atoms with Gasteiger partial charge < -0.3 is 10.4 Å². The number of halogens is 1. The van der Waals surface area contributed by atoms with Gasteiger partial charge in [-0.2, -0.15) is 0 Å². The van der Waals surface area contributed by atoms with E-state index < -0.39 is 0 Å². The van der Waals surface area contributed by atoms with Crippen LogP contribution in [0.15, 0.2) is 15.9 Å². The van der Waals surface area contributed by atoms with E-state index in [1.807, 2.05) is 0 Å². The van der Waals surface area contributed by atoms with Gasteiger partial charge in [0.1, 0.15) is 0 Å². The Bertz CT molecular complexity index is 324. The molecule has 1 aliphatic rings. The fourth-order valence-corrected chi connectivity index (χ4v) is 3.08. The van der Waals surface area contributed by atoms with E-state index in [4.69, 9.17) is 0 Å². The maximum atomic E-state index is 9.72. The van der Waals surface area contributed by atoms with Gasteiger partial charge in [0.2, 0.25) is 0 Å². The normalized spacial score (nSPS) is 20.2. The van der Waals surface area contributed by atoms with Crippen LogP contribution in [0.25, 0.3) is 0 Å². The molecule has 4 heteroatoms. The Morgan fingerprint density at radius 1 is 1.67 bits per heavy atom. The summed E-state index contributed by atoms with van der Waals surface area (Å²) in [5.41, 5.74) is 0. The van der Waals surface area contributed by atoms with Gasteiger partial charge in [-0.05, 0) is 47.7 Å². The van der Waals surface area contributed by atoms with Crippen molar-refractivity contribution in [3.05, 3.63) is 20.8 Å². The molecule has 0 radical (unpaired) electrons. The predicted octanol–water partition coefficient (Wildman–Crippen LogP) is 2.93. The summed E-state index contributed by atoms with van der Waals surface area (Å²) < 4.78 is 1.14. The zero-order chi connectivity index (χ0) is 10.8. The average molecular weight is 290 g/mol. The number of aliphatic hydroxyl groups excluding tert-OH is 1. The van der Waals surface area contributed by atoms with Crippen LogP contribution in [0.4, 0.5) is 0 Å². The minimum Gasteiger partial charge on any atom is -0.392 e. The lowest BCUT2D eigenvalue weighted by Gasteiger charge is -2.15. The Hall–Kier alpha value is 0.1000. The molecule has 84 valence electrons. The first-order valence-electron chi connectivity index (χ1n) is 5.32. The van der Waals surface area contributed by atoms with Crippen molar-refractivity contribution in [2.75, 3.05) is 6.54 Å². The Balaban J connectivity index is 1.78. The number of hydrogen-bond acceptors (Lipinski definition) is 3. The van der Waals surface area contributed by atoms with Gasteiger partial charge in [-0.3, -0.25) is 0 Å². The SMILES string of the molecule is CC(NCC(O)C1CC1)c1cc(Br)cs1. The second kappa shape index (κ2) is 4.95. The first-order chi connectivity index (χ1) is 7.16. The molecule has 2 N–H and O–H groups in total. The molecule has 1 saturated carbocycles. The van der Waals surface area contributed by atoms with E-state index in [0.717, 1.165) is 4.47 Å². The van der Waals surface area contributed by atoms with Gasteiger partial charge in [0.05, 0.1) is 6.10 Å². The van der Waals surface area contributed by atoms with E-state index in [0.29, 0.717) is 18.5 Å². The highest BCUT2D eigenvalue weighted by Gasteiger charge is 2.29. The number of rotatable bonds is 5. The third-order valence-electron chi connectivity index (χ3n) is 2.81. The molecule has 0 spiro atoms. The molecule has 1 fully saturated rings. The average Bonchev–Trinajstić information content (AvgIpc) is 2.97. The summed E-state index contributed by atoms with van der Waals surface area (Å²) in [4.78, 5) is 1.31. The fourth-order valence-electron chi connectivity index (χ4n) is 1.60. The summed E-state index contributed by atoms with van der Waals surface area (Å²) in [6.07, 6.45) is 2.24. The second-order valence-corrected chi connectivity index (χ2v) is 6.06. The lowest BCUT2D eigenvalue weighted by Crippen LogP contribution is -2.29. The summed E-state index contributed by atoms with van der Waals surface area (Å²) in [5.74, 6) is 0.555. The molecule has 15 heavy (non-hydrogen) atoms. The van der Waals surface area contributed by atoms with Crippen LogP contribution in [0.3, 0.4) is 0 Å². The summed E-state index contributed by atoms with van der Waals surface area (Å²) in [7, 11) is 0. The van der Waals surface area contributed by atoms with Crippen molar-refractivity contribution in [2.24, 2.45) is 5.92 Å². The van der Waals surface area contributed by atoms with E-state index in [1.165, 1.54) is 17.7 Å².